The molecular formula is C26H30F3N3O. The zero-order chi connectivity index (χ0) is 23.4. The van der Waals surface area contributed by atoms with E-state index in [0.717, 1.165) is 29.8 Å². The van der Waals surface area contributed by atoms with Crippen LogP contribution in [0.25, 0.3) is 11.0 Å². The van der Waals surface area contributed by atoms with Crippen LogP contribution in [0.4, 0.5) is 24.8 Å². The summed E-state index contributed by atoms with van der Waals surface area (Å²) in [4.78, 5) is 5.04. The summed E-state index contributed by atoms with van der Waals surface area (Å²) >= 11 is 0. The minimum atomic E-state index is -4.70. The topological polar surface area (TPSA) is 39.1 Å². The molecule has 0 bridgehead atoms. The first kappa shape index (κ1) is 22.1. The molecule has 176 valence electrons. The molecule has 2 atom stereocenters. The molecule has 0 aliphatic heterocycles. The van der Waals surface area contributed by atoms with Crippen LogP contribution in [-0.2, 0) is 0 Å². The Morgan fingerprint density at radius 1 is 1.06 bits per heavy atom. The summed E-state index contributed by atoms with van der Waals surface area (Å²) in [5, 5.41) is 3.39. The number of rotatable bonds is 5. The fourth-order valence-corrected chi connectivity index (χ4v) is 5.68. The quantitative estimate of drug-likeness (QED) is 0.423. The molecule has 3 aromatic rings. The summed E-state index contributed by atoms with van der Waals surface area (Å²) in [7, 11) is 0. The molecule has 2 aliphatic rings. The van der Waals surface area contributed by atoms with Gasteiger partial charge < -0.3 is 14.6 Å². The summed E-state index contributed by atoms with van der Waals surface area (Å²) in [6.45, 7) is 6.98. The van der Waals surface area contributed by atoms with Gasteiger partial charge in [0.05, 0.1) is 11.0 Å². The SMILES string of the molecule is CC1CC(n2c(Nc3ccc(OC(F)(F)F)cc3)nc3c(C4CC4)cccc32)CC(C)(C)C1. The molecule has 7 heteroatoms. The predicted molar refractivity (Wildman–Crippen MR) is 124 cm³/mol. The maximum atomic E-state index is 12.5. The molecule has 33 heavy (non-hydrogen) atoms. The van der Waals surface area contributed by atoms with Crippen LogP contribution >= 0.6 is 0 Å². The second-order valence-corrected chi connectivity index (χ2v) is 10.6. The van der Waals surface area contributed by atoms with Crippen LogP contribution in [0.2, 0.25) is 0 Å². The van der Waals surface area contributed by atoms with Crippen LogP contribution in [0.3, 0.4) is 0 Å². The van der Waals surface area contributed by atoms with Crippen LogP contribution in [-0.4, -0.2) is 15.9 Å². The van der Waals surface area contributed by atoms with E-state index in [4.69, 9.17) is 4.98 Å². The number of anilines is 2. The summed E-state index contributed by atoms with van der Waals surface area (Å²) in [6, 6.07) is 12.6. The molecule has 1 heterocycles. The third-order valence-corrected chi connectivity index (χ3v) is 6.84. The molecule has 5 rings (SSSR count). The maximum absolute atomic E-state index is 12.5. The minimum Gasteiger partial charge on any atom is -0.406 e. The van der Waals surface area contributed by atoms with E-state index >= 15 is 0 Å². The number of alkyl halides is 3. The molecule has 1 aromatic heterocycles. The van der Waals surface area contributed by atoms with Gasteiger partial charge >= 0.3 is 6.36 Å². The molecule has 2 aromatic carbocycles. The highest BCUT2D eigenvalue weighted by Gasteiger charge is 2.36. The number of imidazole rings is 1. The van der Waals surface area contributed by atoms with Crippen LogP contribution in [0.15, 0.2) is 42.5 Å². The van der Waals surface area contributed by atoms with Gasteiger partial charge in [0.1, 0.15) is 5.75 Å². The average Bonchev–Trinajstić information content (AvgIpc) is 3.47. The maximum Gasteiger partial charge on any atom is 0.573 e. The van der Waals surface area contributed by atoms with Crippen molar-refractivity contribution < 1.29 is 17.9 Å². The molecular weight excluding hydrogens is 427 g/mol. The highest BCUT2D eigenvalue weighted by Crippen LogP contribution is 2.48. The van der Waals surface area contributed by atoms with Gasteiger partial charge in [-0.05, 0) is 85.3 Å². The number of fused-ring (bicyclic) bond motifs is 1. The molecule has 1 N–H and O–H groups in total. The Morgan fingerprint density at radius 3 is 2.42 bits per heavy atom. The average molecular weight is 458 g/mol. The first-order valence-electron chi connectivity index (χ1n) is 11.7. The van der Waals surface area contributed by atoms with Gasteiger partial charge in [0.25, 0.3) is 0 Å². The standard InChI is InChI=1S/C26H30F3N3O/c1-16-13-19(15-25(2,3)14-16)32-22-6-4-5-21(17-7-8-17)23(22)31-24(32)30-18-9-11-20(12-10-18)33-26(27,28)29/h4-6,9-12,16-17,19H,7-8,13-15H2,1-3H3,(H,30,31). The van der Waals surface area contributed by atoms with E-state index in [1.807, 2.05) is 0 Å². The monoisotopic (exact) mass is 457 g/mol. The highest BCUT2D eigenvalue weighted by molar-refractivity contribution is 5.84. The van der Waals surface area contributed by atoms with Crippen LogP contribution in [0.5, 0.6) is 5.75 Å². The van der Waals surface area contributed by atoms with E-state index < -0.39 is 6.36 Å². The van der Waals surface area contributed by atoms with Crippen molar-refractivity contribution in [2.24, 2.45) is 11.3 Å². The van der Waals surface area contributed by atoms with Gasteiger partial charge in [-0.2, -0.15) is 0 Å². The van der Waals surface area contributed by atoms with E-state index in [1.165, 1.54) is 37.0 Å². The van der Waals surface area contributed by atoms with Gasteiger partial charge in [-0.15, -0.1) is 13.2 Å². The first-order chi connectivity index (χ1) is 15.6. The van der Waals surface area contributed by atoms with Gasteiger partial charge in [-0.3, -0.25) is 0 Å². The van der Waals surface area contributed by atoms with Crippen molar-refractivity contribution in [1.29, 1.82) is 0 Å². The van der Waals surface area contributed by atoms with Gasteiger partial charge in [-0.1, -0.05) is 32.9 Å². The van der Waals surface area contributed by atoms with Crippen molar-refractivity contribution in [3.05, 3.63) is 48.0 Å². The molecule has 2 aliphatic carbocycles. The van der Waals surface area contributed by atoms with Crippen molar-refractivity contribution in [3.63, 3.8) is 0 Å². The molecule has 2 saturated carbocycles. The van der Waals surface area contributed by atoms with E-state index in [-0.39, 0.29) is 11.2 Å². The van der Waals surface area contributed by atoms with Crippen LogP contribution in [0, 0.1) is 11.3 Å². The molecule has 2 fully saturated rings. The van der Waals surface area contributed by atoms with Crippen LogP contribution in [0.1, 0.15) is 70.4 Å². The van der Waals surface area contributed by atoms with E-state index in [1.54, 1.807) is 12.1 Å². The summed E-state index contributed by atoms with van der Waals surface area (Å²) in [5.41, 5.74) is 4.38. The highest BCUT2D eigenvalue weighted by atomic mass is 19.4. The molecule has 0 saturated heterocycles. The number of hydrogen-bond donors (Lipinski definition) is 1. The first-order valence-corrected chi connectivity index (χ1v) is 11.7. The van der Waals surface area contributed by atoms with Crippen molar-refractivity contribution in [3.8, 4) is 5.75 Å². The fraction of sp³-hybridized carbons (Fsp3) is 0.500. The Bertz CT molecular complexity index is 1150. The molecule has 0 amide bonds. The fourth-order valence-electron chi connectivity index (χ4n) is 5.68. The van der Waals surface area contributed by atoms with E-state index in [2.05, 4.69) is 53.6 Å². The number of para-hydroxylation sites is 1. The predicted octanol–water partition coefficient (Wildman–Crippen LogP) is 7.94. The van der Waals surface area contributed by atoms with Gasteiger partial charge in [0, 0.05) is 11.7 Å². The molecule has 2 unspecified atom stereocenters. The van der Waals surface area contributed by atoms with E-state index in [0.29, 0.717) is 23.6 Å². The smallest absolute Gasteiger partial charge is 0.406 e. The third-order valence-electron chi connectivity index (χ3n) is 6.84. The lowest BCUT2D eigenvalue weighted by atomic mass is 9.70. The Morgan fingerprint density at radius 2 is 1.79 bits per heavy atom. The van der Waals surface area contributed by atoms with Crippen molar-refractivity contribution in [2.75, 3.05) is 5.32 Å². The Balaban J connectivity index is 1.53. The number of halogens is 3. The number of aromatic nitrogens is 2. The molecule has 4 nitrogen and oxygen atoms in total. The van der Waals surface area contributed by atoms with E-state index in [9.17, 15) is 13.2 Å². The summed E-state index contributed by atoms with van der Waals surface area (Å²) in [6.07, 6.45) is 1.03. The lowest BCUT2D eigenvalue weighted by molar-refractivity contribution is -0.274. The number of nitrogens with one attached hydrogen (secondary N) is 1. The Labute approximate surface area is 192 Å². The second kappa shape index (κ2) is 7.96. The number of ether oxygens (including phenoxy) is 1. The number of benzene rings is 2. The summed E-state index contributed by atoms with van der Waals surface area (Å²) in [5.74, 6) is 1.69. The molecule has 0 spiro atoms. The second-order valence-electron chi connectivity index (χ2n) is 10.6. The van der Waals surface area contributed by atoms with Gasteiger partial charge in [0.15, 0.2) is 0 Å². The van der Waals surface area contributed by atoms with Crippen molar-refractivity contribution >= 4 is 22.7 Å². The number of nitrogens with zero attached hydrogens (tertiary/aromatic N) is 2. The Hall–Kier alpha value is -2.70. The van der Waals surface area contributed by atoms with Crippen molar-refractivity contribution in [1.82, 2.24) is 9.55 Å². The Kier molecular flexibility index (Phi) is 5.33. The summed E-state index contributed by atoms with van der Waals surface area (Å²) < 4.78 is 43.9. The largest absolute Gasteiger partial charge is 0.573 e. The van der Waals surface area contributed by atoms with Crippen molar-refractivity contribution in [2.45, 2.75) is 71.2 Å². The third kappa shape index (κ3) is 4.82. The number of hydrogen-bond acceptors (Lipinski definition) is 3. The van der Waals surface area contributed by atoms with Gasteiger partial charge in [-0.25, -0.2) is 4.98 Å². The molecule has 0 radical (unpaired) electrons. The zero-order valence-electron chi connectivity index (χ0n) is 19.2. The zero-order valence-corrected chi connectivity index (χ0v) is 19.2. The normalized spacial score (nSPS) is 23.0. The lowest BCUT2D eigenvalue weighted by Gasteiger charge is -2.40. The van der Waals surface area contributed by atoms with Crippen LogP contribution < -0.4 is 10.1 Å². The van der Waals surface area contributed by atoms with Gasteiger partial charge in [0.2, 0.25) is 5.95 Å². The lowest BCUT2D eigenvalue weighted by Crippen LogP contribution is -2.29. The minimum absolute atomic E-state index is 0.236.